The molecule has 0 unspecified atom stereocenters. The summed E-state index contributed by atoms with van der Waals surface area (Å²) >= 11 is 7.20. The first-order chi connectivity index (χ1) is 10.5. The van der Waals surface area contributed by atoms with E-state index in [2.05, 4.69) is 15.3 Å². The van der Waals surface area contributed by atoms with E-state index in [0.717, 1.165) is 16.9 Å². The number of nitrogens with one attached hydrogen (secondary N) is 1. The van der Waals surface area contributed by atoms with Crippen molar-refractivity contribution < 1.29 is 4.79 Å². The number of anilines is 2. The lowest BCUT2D eigenvalue weighted by Crippen LogP contribution is -2.10. The Morgan fingerprint density at radius 1 is 1.36 bits per heavy atom. The molecule has 0 spiro atoms. The molecule has 8 heteroatoms. The molecule has 5 N–H and O–H groups in total. The van der Waals surface area contributed by atoms with Crippen LogP contribution in [0, 0.1) is 0 Å². The number of fused-ring (bicyclic) bond motifs is 1. The fourth-order valence-electron chi connectivity index (χ4n) is 2.16. The number of nitrogen functional groups attached to an aromatic ring is 1. The van der Waals surface area contributed by atoms with E-state index in [-0.39, 0.29) is 4.88 Å². The maximum Gasteiger partial charge on any atom is 0.260 e. The lowest BCUT2D eigenvalue weighted by atomic mass is 10.1. The van der Waals surface area contributed by atoms with Crippen LogP contribution >= 0.6 is 22.9 Å². The SMILES string of the molecule is CNc1nc(-c2cccc(Cl)c2)c2c(N)c(C(N)=O)sc2n1. The van der Waals surface area contributed by atoms with Gasteiger partial charge in [0, 0.05) is 17.6 Å². The second-order valence-corrected chi connectivity index (χ2v) is 5.98. The Morgan fingerprint density at radius 2 is 2.14 bits per heavy atom. The topological polar surface area (TPSA) is 107 Å². The normalized spacial score (nSPS) is 10.8. The fourth-order valence-corrected chi connectivity index (χ4v) is 3.30. The van der Waals surface area contributed by atoms with Crippen LogP contribution in [-0.4, -0.2) is 22.9 Å². The Kier molecular flexibility index (Phi) is 3.59. The number of nitrogens with zero attached hydrogens (tertiary/aromatic N) is 2. The zero-order valence-electron chi connectivity index (χ0n) is 11.6. The van der Waals surface area contributed by atoms with Gasteiger partial charge in [0.25, 0.3) is 5.91 Å². The molecular weight excluding hydrogens is 322 g/mol. The van der Waals surface area contributed by atoms with E-state index in [1.165, 1.54) is 0 Å². The molecule has 3 aromatic rings. The predicted octanol–water partition coefficient (Wildman–Crippen LogP) is 2.73. The van der Waals surface area contributed by atoms with Crippen LogP contribution in [0.1, 0.15) is 9.67 Å². The third kappa shape index (κ3) is 2.34. The number of halogens is 1. The maximum absolute atomic E-state index is 11.5. The van der Waals surface area contributed by atoms with Gasteiger partial charge in [0.1, 0.15) is 9.71 Å². The van der Waals surface area contributed by atoms with E-state index in [9.17, 15) is 4.79 Å². The Morgan fingerprint density at radius 3 is 2.77 bits per heavy atom. The van der Waals surface area contributed by atoms with Crippen LogP contribution in [0.15, 0.2) is 24.3 Å². The minimum Gasteiger partial charge on any atom is -0.397 e. The molecule has 1 amide bonds. The Bertz CT molecular complexity index is 892. The number of thiophene rings is 1. The lowest BCUT2D eigenvalue weighted by Gasteiger charge is -2.07. The number of carbonyl (C=O) groups is 1. The van der Waals surface area contributed by atoms with Crippen LogP contribution in [0.25, 0.3) is 21.5 Å². The van der Waals surface area contributed by atoms with E-state index in [1.807, 2.05) is 12.1 Å². The van der Waals surface area contributed by atoms with Crippen molar-refractivity contribution in [1.82, 2.24) is 9.97 Å². The van der Waals surface area contributed by atoms with Crippen molar-refractivity contribution in [3.63, 3.8) is 0 Å². The number of primary amides is 1. The van der Waals surface area contributed by atoms with Crippen molar-refractivity contribution in [2.24, 2.45) is 5.73 Å². The average Bonchev–Trinajstić information content (AvgIpc) is 2.83. The number of nitrogens with two attached hydrogens (primary N) is 2. The standard InChI is InChI=1S/C14H12ClN5OS/c1-18-14-19-10(6-3-2-4-7(15)5-6)8-9(16)11(12(17)21)22-13(8)20-14/h2-5H,16H2,1H3,(H2,17,21)(H,18,19,20). The van der Waals surface area contributed by atoms with Crippen molar-refractivity contribution in [3.8, 4) is 11.3 Å². The minimum absolute atomic E-state index is 0.279. The van der Waals surface area contributed by atoms with Gasteiger partial charge in [0.2, 0.25) is 5.95 Å². The first-order valence-corrected chi connectivity index (χ1v) is 7.54. The van der Waals surface area contributed by atoms with Crippen molar-refractivity contribution in [1.29, 1.82) is 0 Å². The van der Waals surface area contributed by atoms with Gasteiger partial charge >= 0.3 is 0 Å². The van der Waals surface area contributed by atoms with Crippen LogP contribution < -0.4 is 16.8 Å². The van der Waals surface area contributed by atoms with E-state index in [1.54, 1.807) is 19.2 Å². The van der Waals surface area contributed by atoms with Gasteiger partial charge in [0.15, 0.2) is 0 Å². The molecule has 2 heterocycles. The third-order valence-electron chi connectivity index (χ3n) is 3.13. The molecule has 0 aliphatic rings. The summed E-state index contributed by atoms with van der Waals surface area (Å²) in [4.78, 5) is 21.2. The molecule has 2 aromatic heterocycles. The summed E-state index contributed by atoms with van der Waals surface area (Å²) in [5.41, 5.74) is 13.1. The van der Waals surface area contributed by atoms with Crippen LogP contribution in [0.3, 0.4) is 0 Å². The highest BCUT2D eigenvalue weighted by atomic mass is 35.5. The summed E-state index contributed by atoms with van der Waals surface area (Å²) in [7, 11) is 1.72. The van der Waals surface area contributed by atoms with Gasteiger partial charge in [-0.2, -0.15) is 0 Å². The zero-order chi connectivity index (χ0) is 15.9. The summed E-state index contributed by atoms with van der Waals surface area (Å²) < 4.78 is 0. The van der Waals surface area contributed by atoms with Crippen LogP contribution in [-0.2, 0) is 0 Å². The number of carbonyl (C=O) groups excluding carboxylic acids is 1. The highest BCUT2D eigenvalue weighted by molar-refractivity contribution is 7.21. The first-order valence-electron chi connectivity index (χ1n) is 6.34. The fraction of sp³-hybridized carbons (Fsp3) is 0.0714. The number of aromatic nitrogens is 2. The van der Waals surface area contributed by atoms with Crippen molar-refractivity contribution in [3.05, 3.63) is 34.2 Å². The zero-order valence-corrected chi connectivity index (χ0v) is 13.1. The van der Waals surface area contributed by atoms with Gasteiger partial charge < -0.3 is 16.8 Å². The van der Waals surface area contributed by atoms with E-state index in [4.69, 9.17) is 23.1 Å². The van der Waals surface area contributed by atoms with Gasteiger partial charge in [-0.3, -0.25) is 4.79 Å². The average molecular weight is 334 g/mol. The van der Waals surface area contributed by atoms with Crippen LogP contribution in [0.2, 0.25) is 5.02 Å². The molecule has 1 aromatic carbocycles. The van der Waals surface area contributed by atoms with E-state index >= 15 is 0 Å². The Hall–Kier alpha value is -2.38. The number of hydrogen-bond acceptors (Lipinski definition) is 6. The molecule has 0 saturated heterocycles. The highest BCUT2D eigenvalue weighted by Gasteiger charge is 2.20. The number of amides is 1. The Labute approximate surface area is 135 Å². The molecular formula is C14H12ClN5OS. The molecule has 0 atom stereocenters. The van der Waals surface area contributed by atoms with Gasteiger partial charge in [0.05, 0.1) is 16.8 Å². The molecule has 0 aliphatic heterocycles. The predicted molar refractivity (Wildman–Crippen MR) is 90.3 cm³/mol. The molecule has 3 rings (SSSR count). The van der Waals surface area contributed by atoms with Crippen molar-refractivity contribution in [2.75, 3.05) is 18.1 Å². The molecule has 0 radical (unpaired) electrons. The molecule has 112 valence electrons. The molecule has 0 fully saturated rings. The first kappa shape index (κ1) is 14.6. The van der Waals surface area contributed by atoms with Gasteiger partial charge in [-0.25, -0.2) is 9.97 Å². The largest absolute Gasteiger partial charge is 0.397 e. The van der Waals surface area contributed by atoms with Crippen LogP contribution in [0.5, 0.6) is 0 Å². The van der Waals surface area contributed by atoms with Crippen molar-refractivity contribution in [2.45, 2.75) is 0 Å². The summed E-state index contributed by atoms with van der Waals surface area (Å²) in [5.74, 6) is -0.150. The Balaban J connectivity index is 2.39. The van der Waals surface area contributed by atoms with E-state index < -0.39 is 5.91 Å². The molecule has 0 saturated carbocycles. The number of hydrogen-bond donors (Lipinski definition) is 3. The molecule has 0 aliphatic carbocycles. The van der Waals surface area contributed by atoms with Gasteiger partial charge in [-0.05, 0) is 12.1 Å². The van der Waals surface area contributed by atoms with Gasteiger partial charge in [-0.15, -0.1) is 11.3 Å². The third-order valence-corrected chi connectivity index (χ3v) is 4.48. The summed E-state index contributed by atoms with van der Waals surface area (Å²) in [6, 6.07) is 7.24. The minimum atomic E-state index is -0.580. The monoisotopic (exact) mass is 333 g/mol. The lowest BCUT2D eigenvalue weighted by molar-refractivity contribution is 0.100. The second-order valence-electron chi connectivity index (χ2n) is 4.55. The quantitative estimate of drug-likeness (QED) is 0.683. The molecule has 0 bridgehead atoms. The maximum atomic E-state index is 11.5. The van der Waals surface area contributed by atoms with Crippen LogP contribution in [0.4, 0.5) is 11.6 Å². The van der Waals surface area contributed by atoms with Gasteiger partial charge in [-0.1, -0.05) is 23.7 Å². The highest BCUT2D eigenvalue weighted by Crippen LogP contribution is 2.39. The second kappa shape index (κ2) is 5.43. The van der Waals surface area contributed by atoms with E-state index in [0.29, 0.717) is 32.6 Å². The summed E-state index contributed by atoms with van der Waals surface area (Å²) in [6.07, 6.45) is 0. The number of benzene rings is 1. The smallest absolute Gasteiger partial charge is 0.260 e. The summed E-state index contributed by atoms with van der Waals surface area (Å²) in [5, 5.41) is 4.09. The molecule has 22 heavy (non-hydrogen) atoms. The molecule has 6 nitrogen and oxygen atoms in total. The number of rotatable bonds is 3. The van der Waals surface area contributed by atoms with Crippen molar-refractivity contribution >= 4 is 50.7 Å². The summed E-state index contributed by atoms with van der Waals surface area (Å²) in [6.45, 7) is 0.